The van der Waals surface area contributed by atoms with Crippen molar-refractivity contribution in [2.24, 2.45) is 56.7 Å². The van der Waals surface area contributed by atoms with E-state index >= 15 is 0 Å². The van der Waals surface area contributed by atoms with E-state index in [1.54, 1.807) is 0 Å². The Morgan fingerprint density at radius 3 is 2.29 bits per heavy atom. The summed E-state index contributed by atoms with van der Waals surface area (Å²) in [6.07, 6.45) is 9.81. The van der Waals surface area contributed by atoms with Crippen molar-refractivity contribution in [3.8, 4) is 0 Å². The molecule has 0 aromatic heterocycles. The fraction of sp³-hybridized carbons (Fsp3) is 0.903. The standard InChI is InChI=1S/C31H50O4/c1-27(2)15-18-20-9-10-23-29(5)13-12-24(33)28(3,4)22(29)11-14-30(23,6)31(20,7)17-21(32)25(18)19(16-27)26(34)35-8/h9,18-19,21-25,32-33H,10-17H2,1-8H3. The number of allylic oxidation sites excluding steroid dienone is 2. The van der Waals surface area contributed by atoms with Crippen molar-refractivity contribution in [1.82, 2.24) is 0 Å². The summed E-state index contributed by atoms with van der Waals surface area (Å²) < 4.78 is 5.26. The van der Waals surface area contributed by atoms with E-state index in [1.165, 1.54) is 12.7 Å². The normalized spacial score (nSPS) is 52.2. The highest BCUT2D eigenvalue weighted by atomic mass is 16.5. The number of aliphatic hydroxyl groups excluding tert-OH is 2. The van der Waals surface area contributed by atoms with Gasteiger partial charge in [0.1, 0.15) is 0 Å². The van der Waals surface area contributed by atoms with Crippen LogP contribution in [0.5, 0.6) is 0 Å². The van der Waals surface area contributed by atoms with Crippen molar-refractivity contribution in [3.63, 3.8) is 0 Å². The predicted octanol–water partition coefficient (Wildman–Crippen LogP) is 6.15. The molecule has 0 aliphatic heterocycles. The van der Waals surface area contributed by atoms with E-state index < -0.39 is 6.10 Å². The lowest BCUT2D eigenvalue weighted by Gasteiger charge is -2.71. The molecular formula is C31H50O4. The van der Waals surface area contributed by atoms with Gasteiger partial charge in [-0.15, -0.1) is 0 Å². The molecule has 0 heterocycles. The van der Waals surface area contributed by atoms with Crippen LogP contribution in [0.1, 0.15) is 99.8 Å². The Morgan fingerprint density at radius 2 is 1.63 bits per heavy atom. The van der Waals surface area contributed by atoms with Crippen LogP contribution in [-0.2, 0) is 9.53 Å². The number of aliphatic hydroxyl groups is 2. The van der Waals surface area contributed by atoms with Crippen molar-refractivity contribution in [2.45, 2.75) is 112 Å². The van der Waals surface area contributed by atoms with E-state index in [0.717, 1.165) is 51.4 Å². The summed E-state index contributed by atoms with van der Waals surface area (Å²) >= 11 is 0. The maximum atomic E-state index is 12.9. The Labute approximate surface area is 213 Å². The quantitative estimate of drug-likeness (QED) is 0.345. The van der Waals surface area contributed by atoms with E-state index in [9.17, 15) is 15.0 Å². The minimum atomic E-state index is -0.479. The minimum absolute atomic E-state index is 0.0364. The highest BCUT2D eigenvalue weighted by Gasteiger charge is 2.68. The van der Waals surface area contributed by atoms with E-state index in [-0.39, 0.29) is 56.9 Å². The van der Waals surface area contributed by atoms with Gasteiger partial charge >= 0.3 is 5.97 Å². The zero-order valence-corrected chi connectivity index (χ0v) is 23.5. The van der Waals surface area contributed by atoms with E-state index in [2.05, 4.69) is 54.5 Å². The zero-order valence-electron chi connectivity index (χ0n) is 23.5. The summed E-state index contributed by atoms with van der Waals surface area (Å²) in [7, 11) is 1.49. The Hall–Kier alpha value is -0.870. The van der Waals surface area contributed by atoms with E-state index in [1.807, 2.05) is 0 Å². The van der Waals surface area contributed by atoms with Crippen LogP contribution in [0.2, 0.25) is 0 Å². The largest absolute Gasteiger partial charge is 0.469 e. The summed E-state index contributed by atoms with van der Waals surface area (Å²) in [5.41, 5.74) is 1.75. The third kappa shape index (κ3) is 3.33. The number of hydrogen-bond donors (Lipinski definition) is 2. The van der Waals surface area contributed by atoms with Crippen LogP contribution in [0, 0.1) is 56.7 Å². The van der Waals surface area contributed by atoms with Crippen LogP contribution in [0.25, 0.3) is 0 Å². The lowest BCUT2D eigenvalue weighted by molar-refractivity contribution is -0.210. The van der Waals surface area contributed by atoms with Gasteiger partial charge < -0.3 is 14.9 Å². The lowest BCUT2D eigenvalue weighted by atomic mass is 9.34. The summed E-state index contributed by atoms with van der Waals surface area (Å²) in [6.45, 7) is 16.7. The Balaban J connectivity index is 1.58. The first-order valence-corrected chi connectivity index (χ1v) is 14.3. The molecule has 5 aliphatic rings. The predicted molar refractivity (Wildman–Crippen MR) is 138 cm³/mol. The first-order chi connectivity index (χ1) is 16.1. The van der Waals surface area contributed by atoms with Crippen molar-refractivity contribution >= 4 is 5.97 Å². The van der Waals surface area contributed by atoms with Gasteiger partial charge in [-0.05, 0) is 96.2 Å². The molecule has 4 heteroatoms. The number of rotatable bonds is 1. The molecule has 0 amide bonds. The Kier molecular flexibility index (Phi) is 5.76. The molecule has 0 aromatic rings. The Morgan fingerprint density at radius 1 is 0.943 bits per heavy atom. The number of ether oxygens (including phenoxy) is 1. The summed E-state index contributed by atoms with van der Waals surface area (Å²) in [4.78, 5) is 12.9. The van der Waals surface area contributed by atoms with E-state index in [0.29, 0.717) is 11.8 Å². The molecule has 5 rings (SSSR count). The molecule has 0 bridgehead atoms. The van der Waals surface area contributed by atoms with Gasteiger partial charge in [0.25, 0.3) is 0 Å². The van der Waals surface area contributed by atoms with Gasteiger partial charge in [-0.2, -0.15) is 0 Å². The number of carbonyl (C=O) groups excluding carboxylic acids is 1. The smallest absolute Gasteiger partial charge is 0.309 e. The highest BCUT2D eigenvalue weighted by molar-refractivity contribution is 5.73. The van der Waals surface area contributed by atoms with Crippen LogP contribution in [-0.4, -0.2) is 35.5 Å². The number of fused-ring (bicyclic) bond motifs is 7. The molecule has 0 saturated heterocycles. The Bertz CT molecular complexity index is 919. The first-order valence-electron chi connectivity index (χ1n) is 14.3. The third-order valence-corrected chi connectivity index (χ3v) is 12.9. The van der Waals surface area contributed by atoms with Gasteiger partial charge in [0.2, 0.25) is 0 Å². The molecule has 2 N–H and O–H groups in total. The summed E-state index contributed by atoms with van der Waals surface area (Å²) in [5, 5.41) is 22.7. The number of methoxy groups -OCH3 is 1. The molecular weight excluding hydrogens is 436 g/mol. The molecule has 0 radical (unpaired) electrons. The monoisotopic (exact) mass is 486 g/mol. The van der Waals surface area contributed by atoms with Gasteiger partial charge in [-0.1, -0.05) is 60.1 Å². The summed E-state index contributed by atoms with van der Waals surface area (Å²) in [5.74, 6) is 0.899. The zero-order chi connectivity index (χ0) is 25.8. The fourth-order valence-corrected chi connectivity index (χ4v) is 11.1. The molecule has 4 fully saturated rings. The van der Waals surface area contributed by atoms with Gasteiger partial charge in [0.05, 0.1) is 25.2 Å². The van der Waals surface area contributed by atoms with Crippen LogP contribution < -0.4 is 0 Å². The molecule has 198 valence electrons. The molecule has 4 saturated carbocycles. The van der Waals surface area contributed by atoms with Crippen LogP contribution >= 0.6 is 0 Å². The summed E-state index contributed by atoms with van der Waals surface area (Å²) in [6, 6.07) is 0. The number of carbonyl (C=O) groups is 1. The highest BCUT2D eigenvalue weighted by Crippen LogP contribution is 2.74. The van der Waals surface area contributed by atoms with Crippen molar-refractivity contribution < 1.29 is 19.7 Å². The molecule has 35 heavy (non-hydrogen) atoms. The van der Waals surface area contributed by atoms with Gasteiger partial charge in [0.15, 0.2) is 0 Å². The molecule has 10 unspecified atom stereocenters. The van der Waals surface area contributed by atoms with Crippen LogP contribution in [0.15, 0.2) is 11.6 Å². The second-order valence-corrected chi connectivity index (χ2v) is 15.3. The fourth-order valence-electron chi connectivity index (χ4n) is 11.1. The topological polar surface area (TPSA) is 66.8 Å². The second-order valence-electron chi connectivity index (χ2n) is 15.3. The van der Waals surface area contributed by atoms with Crippen LogP contribution in [0.3, 0.4) is 0 Å². The second kappa shape index (κ2) is 7.82. The molecule has 0 aromatic carbocycles. The maximum absolute atomic E-state index is 12.9. The minimum Gasteiger partial charge on any atom is -0.469 e. The van der Waals surface area contributed by atoms with Gasteiger partial charge in [-0.3, -0.25) is 4.79 Å². The SMILES string of the molecule is COC(=O)C1CC(C)(C)CC2C3=CCC4C5(C)CCC(O)C(C)(C)C5CCC4(C)C3(C)CC(O)C12. The van der Waals surface area contributed by atoms with Crippen LogP contribution in [0.4, 0.5) is 0 Å². The van der Waals surface area contributed by atoms with Gasteiger partial charge in [0, 0.05) is 5.92 Å². The number of hydrogen-bond acceptors (Lipinski definition) is 4. The average Bonchev–Trinajstić information content (AvgIpc) is 2.75. The molecule has 0 spiro atoms. The average molecular weight is 487 g/mol. The molecule has 10 atom stereocenters. The molecule has 4 nitrogen and oxygen atoms in total. The van der Waals surface area contributed by atoms with Crippen molar-refractivity contribution in [3.05, 3.63) is 11.6 Å². The number of esters is 1. The van der Waals surface area contributed by atoms with Gasteiger partial charge in [-0.25, -0.2) is 0 Å². The first kappa shape index (κ1) is 25.8. The third-order valence-electron chi connectivity index (χ3n) is 12.9. The maximum Gasteiger partial charge on any atom is 0.309 e. The molecule has 5 aliphatic carbocycles. The van der Waals surface area contributed by atoms with Crippen molar-refractivity contribution in [1.29, 1.82) is 0 Å². The van der Waals surface area contributed by atoms with Crippen molar-refractivity contribution in [2.75, 3.05) is 7.11 Å². The van der Waals surface area contributed by atoms with E-state index in [4.69, 9.17) is 4.74 Å². The lowest BCUT2D eigenvalue weighted by Crippen LogP contribution is -2.65.